The molecular weight excluding hydrogens is 144 g/mol. The van der Waals surface area contributed by atoms with E-state index in [2.05, 4.69) is 0 Å². The van der Waals surface area contributed by atoms with Crippen LogP contribution in [0.5, 0.6) is 0 Å². The standard InChI is InChI=1S/C8H16O3/c1-6-7(9-2)4-5-8(10-3)11-6/h6-8H,4-5H2,1-3H3/t6-,7+,8+/m0/s1. The molecule has 0 amide bonds. The third kappa shape index (κ3) is 2.15. The zero-order valence-electron chi connectivity index (χ0n) is 7.37. The van der Waals surface area contributed by atoms with E-state index in [1.807, 2.05) is 6.92 Å². The average molecular weight is 160 g/mol. The molecule has 0 aliphatic carbocycles. The second-order valence-electron chi connectivity index (χ2n) is 2.86. The van der Waals surface area contributed by atoms with Gasteiger partial charge in [0.05, 0.1) is 12.2 Å². The Labute approximate surface area is 67.6 Å². The van der Waals surface area contributed by atoms with Crippen molar-refractivity contribution in [3.8, 4) is 0 Å². The molecular formula is C8H16O3. The highest BCUT2D eigenvalue weighted by Crippen LogP contribution is 2.21. The maximum Gasteiger partial charge on any atom is 0.157 e. The van der Waals surface area contributed by atoms with E-state index in [1.165, 1.54) is 0 Å². The molecule has 0 saturated carbocycles. The second kappa shape index (κ2) is 4.04. The molecule has 1 saturated heterocycles. The Morgan fingerprint density at radius 3 is 2.36 bits per heavy atom. The van der Waals surface area contributed by atoms with Crippen molar-refractivity contribution in [2.75, 3.05) is 14.2 Å². The minimum Gasteiger partial charge on any atom is -0.379 e. The van der Waals surface area contributed by atoms with Gasteiger partial charge in [0.15, 0.2) is 6.29 Å². The maximum atomic E-state index is 5.49. The van der Waals surface area contributed by atoms with Crippen molar-refractivity contribution < 1.29 is 14.2 Å². The Hall–Kier alpha value is -0.120. The van der Waals surface area contributed by atoms with Crippen LogP contribution >= 0.6 is 0 Å². The summed E-state index contributed by atoms with van der Waals surface area (Å²) in [5.74, 6) is 0. The van der Waals surface area contributed by atoms with Gasteiger partial charge in [-0.15, -0.1) is 0 Å². The predicted octanol–water partition coefficient (Wildman–Crippen LogP) is 1.17. The van der Waals surface area contributed by atoms with Gasteiger partial charge in [0.2, 0.25) is 0 Å². The smallest absolute Gasteiger partial charge is 0.157 e. The van der Waals surface area contributed by atoms with Crippen LogP contribution in [0.4, 0.5) is 0 Å². The molecule has 0 aromatic carbocycles. The van der Waals surface area contributed by atoms with Crippen molar-refractivity contribution in [3.63, 3.8) is 0 Å². The zero-order valence-corrected chi connectivity index (χ0v) is 7.37. The summed E-state index contributed by atoms with van der Waals surface area (Å²) in [4.78, 5) is 0. The molecule has 0 aromatic rings. The first-order chi connectivity index (χ1) is 5.27. The van der Waals surface area contributed by atoms with Crippen LogP contribution in [-0.2, 0) is 14.2 Å². The van der Waals surface area contributed by atoms with Crippen molar-refractivity contribution in [3.05, 3.63) is 0 Å². The number of methoxy groups -OCH3 is 2. The van der Waals surface area contributed by atoms with E-state index in [0.717, 1.165) is 12.8 Å². The first kappa shape index (κ1) is 8.97. The predicted molar refractivity (Wildman–Crippen MR) is 41.4 cm³/mol. The fourth-order valence-corrected chi connectivity index (χ4v) is 1.41. The molecule has 11 heavy (non-hydrogen) atoms. The van der Waals surface area contributed by atoms with E-state index in [0.29, 0.717) is 0 Å². The summed E-state index contributed by atoms with van der Waals surface area (Å²) < 4.78 is 15.8. The number of hydrogen-bond donors (Lipinski definition) is 0. The lowest BCUT2D eigenvalue weighted by Crippen LogP contribution is -2.38. The van der Waals surface area contributed by atoms with Gasteiger partial charge in [-0.05, 0) is 13.3 Å². The average Bonchev–Trinajstić information content (AvgIpc) is 2.04. The summed E-state index contributed by atoms with van der Waals surface area (Å²) in [6, 6.07) is 0. The van der Waals surface area contributed by atoms with Crippen molar-refractivity contribution >= 4 is 0 Å². The quantitative estimate of drug-likeness (QED) is 0.607. The van der Waals surface area contributed by atoms with E-state index in [4.69, 9.17) is 14.2 Å². The van der Waals surface area contributed by atoms with Gasteiger partial charge in [0.25, 0.3) is 0 Å². The van der Waals surface area contributed by atoms with Gasteiger partial charge in [-0.3, -0.25) is 0 Å². The summed E-state index contributed by atoms with van der Waals surface area (Å²) in [6.07, 6.45) is 2.31. The van der Waals surface area contributed by atoms with Crippen LogP contribution in [0, 0.1) is 0 Å². The molecule has 1 rings (SSSR count). The molecule has 1 aliphatic rings. The first-order valence-corrected chi connectivity index (χ1v) is 3.99. The van der Waals surface area contributed by atoms with Crippen molar-refractivity contribution in [1.82, 2.24) is 0 Å². The van der Waals surface area contributed by atoms with Gasteiger partial charge in [-0.1, -0.05) is 0 Å². The molecule has 1 heterocycles. The second-order valence-corrected chi connectivity index (χ2v) is 2.86. The highest BCUT2D eigenvalue weighted by molar-refractivity contribution is 4.72. The molecule has 66 valence electrons. The lowest BCUT2D eigenvalue weighted by atomic mass is 10.1. The van der Waals surface area contributed by atoms with Crippen LogP contribution in [0.1, 0.15) is 19.8 Å². The normalized spacial score (nSPS) is 39.0. The Morgan fingerprint density at radius 2 is 1.91 bits per heavy atom. The zero-order chi connectivity index (χ0) is 8.27. The fraction of sp³-hybridized carbons (Fsp3) is 1.00. The Balaban J connectivity index is 2.34. The molecule has 0 aromatic heterocycles. The molecule has 1 fully saturated rings. The molecule has 0 unspecified atom stereocenters. The van der Waals surface area contributed by atoms with E-state index in [-0.39, 0.29) is 18.5 Å². The molecule has 0 spiro atoms. The highest BCUT2D eigenvalue weighted by Gasteiger charge is 2.27. The van der Waals surface area contributed by atoms with Crippen LogP contribution in [0.15, 0.2) is 0 Å². The van der Waals surface area contributed by atoms with Crippen molar-refractivity contribution in [2.24, 2.45) is 0 Å². The lowest BCUT2D eigenvalue weighted by Gasteiger charge is -2.32. The molecule has 3 heteroatoms. The van der Waals surface area contributed by atoms with Gasteiger partial charge in [0, 0.05) is 20.6 Å². The highest BCUT2D eigenvalue weighted by atomic mass is 16.7. The Bertz CT molecular complexity index is 116. The Kier molecular flexibility index (Phi) is 3.30. The van der Waals surface area contributed by atoms with Gasteiger partial charge in [-0.2, -0.15) is 0 Å². The Morgan fingerprint density at radius 1 is 1.18 bits per heavy atom. The van der Waals surface area contributed by atoms with Gasteiger partial charge in [-0.25, -0.2) is 0 Å². The van der Waals surface area contributed by atoms with Crippen molar-refractivity contribution in [2.45, 2.75) is 38.3 Å². The lowest BCUT2D eigenvalue weighted by molar-refractivity contribution is -0.210. The van der Waals surface area contributed by atoms with E-state index in [9.17, 15) is 0 Å². The molecule has 0 N–H and O–H groups in total. The number of ether oxygens (including phenoxy) is 3. The topological polar surface area (TPSA) is 27.7 Å². The molecule has 1 aliphatic heterocycles. The maximum absolute atomic E-state index is 5.49. The molecule has 0 bridgehead atoms. The summed E-state index contributed by atoms with van der Waals surface area (Å²) in [7, 11) is 3.39. The van der Waals surface area contributed by atoms with Gasteiger partial charge >= 0.3 is 0 Å². The van der Waals surface area contributed by atoms with Crippen molar-refractivity contribution in [1.29, 1.82) is 0 Å². The van der Waals surface area contributed by atoms with Crippen LogP contribution in [0.2, 0.25) is 0 Å². The molecule has 0 radical (unpaired) electrons. The SMILES string of the molecule is CO[C@H]1CC[C@@H](OC)[C@H](C)O1. The third-order valence-electron chi connectivity index (χ3n) is 2.14. The third-order valence-corrected chi connectivity index (χ3v) is 2.14. The number of rotatable bonds is 2. The van der Waals surface area contributed by atoms with Gasteiger partial charge < -0.3 is 14.2 Å². The fourth-order valence-electron chi connectivity index (χ4n) is 1.41. The summed E-state index contributed by atoms with van der Waals surface area (Å²) in [5.41, 5.74) is 0. The van der Waals surface area contributed by atoms with E-state index in [1.54, 1.807) is 14.2 Å². The minimum absolute atomic E-state index is 0.0311. The van der Waals surface area contributed by atoms with E-state index < -0.39 is 0 Å². The van der Waals surface area contributed by atoms with Crippen LogP contribution in [0.25, 0.3) is 0 Å². The minimum atomic E-state index is -0.0311. The van der Waals surface area contributed by atoms with Crippen LogP contribution in [0.3, 0.4) is 0 Å². The summed E-state index contributed by atoms with van der Waals surface area (Å²) in [6.45, 7) is 2.01. The van der Waals surface area contributed by atoms with E-state index >= 15 is 0 Å². The summed E-state index contributed by atoms with van der Waals surface area (Å²) >= 11 is 0. The monoisotopic (exact) mass is 160 g/mol. The first-order valence-electron chi connectivity index (χ1n) is 3.99. The van der Waals surface area contributed by atoms with Gasteiger partial charge in [0.1, 0.15) is 0 Å². The molecule has 3 atom stereocenters. The van der Waals surface area contributed by atoms with Crippen LogP contribution in [-0.4, -0.2) is 32.7 Å². The number of hydrogen-bond acceptors (Lipinski definition) is 3. The molecule has 3 nitrogen and oxygen atoms in total. The summed E-state index contributed by atoms with van der Waals surface area (Å²) in [5, 5.41) is 0. The largest absolute Gasteiger partial charge is 0.379 e. The van der Waals surface area contributed by atoms with Crippen LogP contribution < -0.4 is 0 Å².